The van der Waals surface area contributed by atoms with E-state index in [2.05, 4.69) is 11.2 Å². The van der Waals surface area contributed by atoms with Gasteiger partial charge in [0.05, 0.1) is 0 Å². The molecule has 0 unspecified atom stereocenters. The van der Waals surface area contributed by atoms with Crippen molar-refractivity contribution in [2.75, 3.05) is 6.61 Å². The Morgan fingerprint density at radius 1 is 1.23 bits per heavy atom. The van der Waals surface area contributed by atoms with Crippen molar-refractivity contribution in [3.63, 3.8) is 0 Å². The fourth-order valence-electron chi connectivity index (χ4n) is 1.81. The van der Waals surface area contributed by atoms with Gasteiger partial charge in [0.2, 0.25) is 0 Å². The Hall–Kier alpha value is -2.48. The molecule has 1 amide bonds. The first-order chi connectivity index (χ1) is 10.5. The molecule has 0 fully saturated rings. The van der Waals surface area contributed by atoms with E-state index in [1.54, 1.807) is 0 Å². The SMILES string of the molecule is C#CCOC(=O)[C@H](CC(C)C)NC(=O)OCc1ccccc1. The zero-order valence-electron chi connectivity index (χ0n) is 12.9. The number of amides is 1. The van der Waals surface area contributed by atoms with Gasteiger partial charge in [-0.3, -0.25) is 0 Å². The summed E-state index contributed by atoms with van der Waals surface area (Å²) in [6.45, 7) is 3.91. The molecule has 118 valence electrons. The largest absolute Gasteiger partial charge is 0.451 e. The summed E-state index contributed by atoms with van der Waals surface area (Å²) in [5.41, 5.74) is 0.868. The second-order valence-electron chi connectivity index (χ2n) is 5.20. The molecule has 0 aromatic heterocycles. The minimum Gasteiger partial charge on any atom is -0.451 e. The highest BCUT2D eigenvalue weighted by molar-refractivity contribution is 5.81. The second-order valence-corrected chi connectivity index (χ2v) is 5.20. The summed E-state index contributed by atoms with van der Waals surface area (Å²) < 4.78 is 9.97. The molecule has 5 nitrogen and oxygen atoms in total. The molecule has 0 aliphatic heterocycles. The van der Waals surface area contributed by atoms with Crippen LogP contribution in [0.1, 0.15) is 25.8 Å². The van der Waals surface area contributed by atoms with Crippen molar-refractivity contribution in [1.82, 2.24) is 5.32 Å². The Bertz CT molecular complexity index is 519. The Balaban J connectivity index is 2.51. The van der Waals surface area contributed by atoms with Crippen LogP contribution in [0, 0.1) is 18.3 Å². The molecule has 1 N–H and O–H groups in total. The number of hydrogen-bond acceptors (Lipinski definition) is 4. The highest BCUT2D eigenvalue weighted by atomic mass is 16.6. The topological polar surface area (TPSA) is 64.6 Å². The molecule has 1 rings (SSSR count). The van der Waals surface area contributed by atoms with Crippen LogP contribution in [-0.2, 0) is 20.9 Å². The van der Waals surface area contributed by atoms with Crippen molar-refractivity contribution < 1.29 is 19.1 Å². The van der Waals surface area contributed by atoms with E-state index in [0.717, 1.165) is 5.56 Å². The lowest BCUT2D eigenvalue weighted by Crippen LogP contribution is -2.43. The maximum Gasteiger partial charge on any atom is 0.408 e. The van der Waals surface area contributed by atoms with Crippen molar-refractivity contribution in [2.24, 2.45) is 5.92 Å². The third-order valence-electron chi connectivity index (χ3n) is 2.79. The molecule has 0 heterocycles. The number of esters is 1. The Morgan fingerprint density at radius 2 is 1.91 bits per heavy atom. The van der Waals surface area contributed by atoms with Gasteiger partial charge in [0.25, 0.3) is 0 Å². The maximum atomic E-state index is 11.9. The number of alkyl carbamates (subject to hydrolysis) is 1. The fraction of sp³-hybridized carbons (Fsp3) is 0.412. The van der Waals surface area contributed by atoms with E-state index in [1.807, 2.05) is 44.2 Å². The van der Waals surface area contributed by atoms with Gasteiger partial charge in [-0.05, 0) is 17.9 Å². The third kappa shape index (κ3) is 6.80. The van der Waals surface area contributed by atoms with Gasteiger partial charge in [0.15, 0.2) is 6.61 Å². The number of carbonyl (C=O) groups is 2. The van der Waals surface area contributed by atoms with Crippen LogP contribution < -0.4 is 5.32 Å². The van der Waals surface area contributed by atoms with Crippen LogP contribution in [0.15, 0.2) is 30.3 Å². The molecular weight excluding hydrogens is 282 g/mol. The molecule has 0 saturated carbocycles. The predicted molar refractivity (Wildman–Crippen MR) is 82.8 cm³/mol. The van der Waals surface area contributed by atoms with E-state index in [-0.39, 0.29) is 19.1 Å². The van der Waals surface area contributed by atoms with Crippen molar-refractivity contribution >= 4 is 12.1 Å². The monoisotopic (exact) mass is 303 g/mol. The van der Waals surface area contributed by atoms with Gasteiger partial charge in [-0.1, -0.05) is 50.1 Å². The summed E-state index contributed by atoms with van der Waals surface area (Å²) in [4.78, 5) is 23.7. The van der Waals surface area contributed by atoms with Gasteiger partial charge in [-0.15, -0.1) is 6.42 Å². The number of nitrogens with one attached hydrogen (secondary N) is 1. The number of hydrogen-bond donors (Lipinski definition) is 1. The molecule has 0 aliphatic rings. The van der Waals surface area contributed by atoms with Gasteiger partial charge in [0, 0.05) is 0 Å². The van der Waals surface area contributed by atoms with Crippen LogP contribution in [0.25, 0.3) is 0 Å². The van der Waals surface area contributed by atoms with Crippen molar-refractivity contribution in [3.05, 3.63) is 35.9 Å². The Labute approximate surface area is 131 Å². The molecule has 22 heavy (non-hydrogen) atoms. The molecule has 1 aromatic rings. The molecule has 5 heteroatoms. The lowest BCUT2D eigenvalue weighted by Gasteiger charge is -2.18. The van der Waals surface area contributed by atoms with Gasteiger partial charge in [-0.25, -0.2) is 9.59 Å². The molecule has 1 aromatic carbocycles. The quantitative estimate of drug-likeness (QED) is 0.621. The number of benzene rings is 1. The van der Waals surface area contributed by atoms with E-state index < -0.39 is 18.1 Å². The zero-order valence-corrected chi connectivity index (χ0v) is 12.9. The summed E-state index contributed by atoms with van der Waals surface area (Å²) in [6, 6.07) is 8.52. The van der Waals surface area contributed by atoms with E-state index in [4.69, 9.17) is 15.9 Å². The van der Waals surface area contributed by atoms with Gasteiger partial charge in [0.1, 0.15) is 12.6 Å². The molecule has 0 bridgehead atoms. The Morgan fingerprint density at radius 3 is 2.50 bits per heavy atom. The molecule has 0 radical (unpaired) electrons. The third-order valence-corrected chi connectivity index (χ3v) is 2.79. The fourth-order valence-corrected chi connectivity index (χ4v) is 1.81. The van der Waals surface area contributed by atoms with Crippen molar-refractivity contribution in [1.29, 1.82) is 0 Å². The predicted octanol–water partition coefficient (Wildman–Crippen LogP) is 2.50. The van der Waals surface area contributed by atoms with Crippen LogP contribution in [0.2, 0.25) is 0 Å². The molecule has 0 aliphatic carbocycles. The van der Waals surface area contributed by atoms with Gasteiger partial charge < -0.3 is 14.8 Å². The summed E-state index contributed by atoms with van der Waals surface area (Å²) in [5, 5.41) is 2.52. The van der Waals surface area contributed by atoms with Gasteiger partial charge in [-0.2, -0.15) is 0 Å². The summed E-state index contributed by atoms with van der Waals surface area (Å²) in [7, 11) is 0. The highest BCUT2D eigenvalue weighted by Crippen LogP contribution is 2.07. The van der Waals surface area contributed by atoms with Crippen LogP contribution in [-0.4, -0.2) is 24.7 Å². The van der Waals surface area contributed by atoms with Crippen LogP contribution in [0.5, 0.6) is 0 Å². The minimum absolute atomic E-state index is 0.117. The molecule has 0 spiro atoms. The summed E-state index contributed by atoms with van der Waals surface area (Å²) in [6.07, 6.45) is 4.84. The summed E-state index contributed by atoms with van der Waals surface area (Å²) >= 11 is 0. The zero-order chi connectivity index (χ0) is 16.4. The van der Waals surface area contributed by atoms with E-state index in [1.165, 1.54) is 0 Å². The first-order valence-electron chi connectivity index (χ1n) is 7.10. The number of carbonyl (C=O) groups excluding carboxylic acids is 2. The first-order valence-corrected chi connectivity index (χ1v) is 7.10. The van der Waals surface area contributed by atoms with Crippen LogP contribution >= 0.6 is 0 Å². The average Bonchev–Trinajstić information content (AvgIpc) is 2.50. The maximum absolute atomic E-state index is 11.9. The molecule has 1 atom stereocenters. The Kier molecular flexibility index (Phi) is 7.55. The van der Waals surface area contributed by atoms with Crippen molar-refractivity contribution in [3.8, 4) is 12.3 Å². The normalized spacial score (nSPS) is 11.4. The van der Waals surface area contributed by atoms with Gasteiger partial charge >= 0.3 is 12.1 Å². The first kappa shape index (κ1) is 17.6. The van der Waals surface area contributed by atoms with E-state index >= 15 is 0 Å². The minimum atomic E-state index is -0.767. The standard InChI is InChI=1S/C17H21NO4/c1-4-10-21-16(19)15(11-13(2)3)18-17(20)22-12-14-8-6-5-7-9-14/h1,5-9,13,15H,10-12H2,2-3H3,(H,18,20)/t15-/m0/s1. The lowest BCUT2D eigenvalue weighted by molar-refractivity contribution is -0.145. The van der Waals surface area contributed by atoms with Crippen molar-refractivity contribution in [2.45, 2.75) is 32.9 Å². The number of ether oxygens (including phenoxy) is 2. The number of rotatable bonds is 7. The number of terminal acetylenes is 1. The van der Waals surface area contributed by atoms with Crippen LogP contribution in [0.3, 0.4) is 0 Å². The lowest BCUT2D eigenvalue weighted by atomic mass is 10.0. The second kappa shape index (κ2) is 9.46. The molecule has 0 saturated heterocycles. The van der Waals surface area contributed by atoms with E-state index in [9.17, 15) is 9.59 Å². The highest BCUT2D eigenvalue weighted by Gasteiger charge is 2.23. The van der Waals surface area contributed by atoms with E-state index in [0.29, 0.717) is 6.42 Å². The average molecular weight is 303 g/mol. The summed E-state index contributed by atoms with van der Waals surface area (Å²) in [5.74, 6) is 1.87. The smallest absolute Gasteiger partial charge is 0.408 e. The van der Waals surface area contributed by atoms with Crippen LogP contribution in [0.4, 0.5) is 4.79 Å². The molecular formula is C17H21NO4.